The van der Waals surface area contributed by atoms with E-state index in [1.807, 2.05) is 91.0 Å². The Morgan fingerprint density at radius 2 is 1.45 bits per heavy atom. The Bertz CT molecular complexity index is 1380. The molecule has 1 aliphatic heterocycles. The van der Waals surface area contributed by atoms with Gasteiger partial charge in [-0.05, 0) is 48.4 Å². The van der Waals surface area contributed by atoms with Crippen LogP contribution in [0.2, 0.25) is 0 Å². The van der Waals surface area contributed by atoms with Crippen LogP contribution in [-0.4, -0.2) is 46.8 Å². The van der Waals surface area contributed by atoms with Crippen LogP contribution in [0.25, 0.3) is 0 Å². The summed E-state index contributed by atoms with van der Waals surface area (Å²) in [5, 5.41) is 0. The standard InChI is InChI=1S/C38H41Cl3O6/c1-4-15-32-24-34(47-36(43)25-33(45-28(3)42)27(2)16-14-23-37(39,40)41)35(46-32)26-44-38(29-17-8-5-9-18-29,30-19-10-6-11-20-30)31-21-12-7-13-22-31/h4-13,16-22,32-35H,1,14-15,23-26H2,2-3H3/b27-16-/t32-,33-,34-,35-/m1/s1. The minimum atomic E-state index is -1.41. The molecule has 6 nitrogen and oxygen atoms in total. The highest BCUT2D eigenvalue weighted by Crippen LogP contribution is 2.41. The molecule has 0 amide bonds. The van der Waals surface area contributed by atoms with Gasteiger partial charge < -0.3 is 18.9 Å². The first-order valence-corrected chi connectivity index (χ1v) is 16.8. The van der Waals surface area contributed by atoms with E-state index < -0.39 is 39.6 Å². The van der Waals surface area contributed by atoms with Crippen molar-refractivity contribution in [2.75, 3.05) is 6.61 Å². The van der Waals surface area contributed by atoms with Crippen LogP contribution in [0.1, 0.15) is 62.6 Å². The first-order chi connectivity index (χ1) is 22.5. The molecule has 0 bridgehead atoms. The lowest BCUT2D eigenvalue weighted by molar-refractivity contribution is -0.159. The molecular formula is C38H41Cl3O6. The fourth-order valence-electron chi connectivity index (χ4n) is 5.84. The molecule has 0 radical (unpaired) electrons. The van der Waals surface area contributed by atoms with Crippen molar-refractivity contribution in [3.05, 3.63) is 132 Å². The van der Waals surface area contributed by atoms with E-state index in [1.165, 1.54) is 6.92 Å². The van der Waals surface area contributed by atoms with Crippen molar-refractivity contribution in [3.8, 4) is 0 Å². The zero-order chi connectivity index (χ0) is 33.9. The van der Waals surface area contributed by atoms with Gasteiger partial charge in [-0.15, -0.1) is 6.58 Å². The quantitative estimate of drug-likeness (QED) is 0.0683. The van der Waals surface area contributed by atoms with Gasteiger partial charge in [0.05, 0.1) is 19.1 Å². The summed E-state index contributed by atoms with van der Waals surface area (Å²) in [6, 6.07) is 30.1. The molecule has 0 aliphatic carbocycles. The molecule has 1 saturated heterocycles. The fourth-order valence-corrected chi connectivity index (χ4v) is 6.17. The van der Waals surface area contributed by atoms with Crippen LogP contribution in [0.15, 0.2) is 115 Å². The van der Waals surface area contributed by atoms with Crippen molar-refractivity contribution >= 4 is 46.7 Å². The van der Waals surface area contributed by atoms with Gasteiger partial charge in [-0.1, -0.05) is 138 Å². The van der Waals surface area contributed by atoms with Gasteiger partial charge in [-0.25, -0.2) is 0 Å². The van der Waals surface area contributed by atoms with Crippen LogP contribution in [0.3, 0.4) is 0 Å². The summed E-state index contributed by atoms with van der Waals surface area (Å²) in [6.45, 7) is 7.06. The summed E-state index contributed by atoms with van der Waals surface area (Å²) >= 11 is 17.6. The number of rotatable bonds is 15. The number of halogens is 3. The van der Waals surface area contributed by atoms with E-state index >= 15 is 0 Å². The molecule has 250 valence electrons. The zero-order valence-corrected chi connectivity index (χ0v) is 28.9. The topological polar surface area (TPSA) is 71.1 Å². The van der Waals surface area contributed by atoms with Gasteiger partial charge in [0.1, 0.15) is 23.9 Å². The predicted octanol–water partition coefficient (Wildman–Crippen LogP) is 9.06. The van der Waals surface area contributed by atoms with Gasteiger partial charge in [-0.2, -0.15) is 0 Å². The smallest absolute Gasteiger partial charge is 0.310 e. The highest BCUT2D eigenvalue weighted by atomic mass is 35.6. The number of benzene rings is 3. The van der Waals surface area contributed by atoms with E-state index in [9.17, 15) is 9.59 Å². The van der Waals surface area contributed by atoms with Crippen molar-refractivity contribution in [2.24, 2.45) is 0 Å². The van der Waals surface area contributed by atoms with Gasteiger partial charge in [0.15, 0.2) is 3.79 Å². The Morgan fingerprint density at radius 3 is 1.91 bits per heavy atom. The lowest BCUT2D eigenvalue weighted by Crippen LogP contribution is -2.39. The number of carbonyl (C=O) groups excluding carboxylic acids is 2. The highest BCUT2D eigenvalue weighted by Gasteiger charge is 2.43. The molecule has 3 aromatic rings. The Hall–Kier alpha value is -3.13. The van der Waals surface area contributed by atoms with Crippen molar-refractivity contribution in [1.29, 1.82) is 0 Å². The third kappa shape index (κ3) is 10.4. The molecule has 3 aromatic carbocycles. The summed E-state index contributed by atoms with van der Waals surface area (Å²) < 4.78 is 23.5. The summed E-state index contributed by atoms with van der Waals surface area (Å²) in [7, 11) is 0. The van der Waals surface area contributed by atoms with Gasteiger partial charge in [0.25, 0.3) is 0 Å². The van der Waals surface area contributed by atoms with E-state index in [0.29, 0.717) is 24.8 Å². The first-order valence-electron chi connectivity index (χ1n) is 15.7. The van der Waals surface area contributed by atoms with Crippen LogP contribution >= 0.6 is 34.8 Å². The van der Waals surface area contributed by atoms with Crippen molar-refractivity contribution in [1.82, 2.24) is 0 Å². The molecule has 0 spiro atoms. The summed E-state index contributed by atoms with van der Waals surface area (Å²) in [5.41, 5.74) is 2.55. The molecular weight excluding hydrogens is 659 g/mol. The fraction of sp³-hybridized carbons (Fsp3) is 0.368. The van der Waals surface area contributed by atoms with Gasteiger partial charge in [-0.3, -0.25) is 9.59 Å². The van der Waals surface area contributed by atoms with Crippen LogP contribution < -0.4 is 0 Å². The molecule has 9 heteroatoms. The van der Waals surface area contributed by atoms with Crippen LogP contribution in [0.5, 0.6) is 0 Å². The number of allylic oxidation sites excluding steroid dienone is 1. The summed E-state index contributed by atoms with van der Waals surface area (Å²) in [5.74, 6) is -1.04. The highest BCUT2D eigenvalue weighted by molar-refractivity contribution is 6.67. The van der Waals surface area contributed by atoms with Crippen LogP contribution in [0.4, 0.5) is 0 Å². The predicted molar refractivity (Wildman–Crippen MR) is 187 cm³/mol. The number of hydrogen-bond acceptors (Lipinski definition) is 6. The number of alkyl halides is 3. The van der Waals surface area contributed by atoms with Crippen LogP contribution in [-0.2, 0) is 34.1 Å². The number of carbonyl (C=O) groups is 2. The second-order valence-corrected chi connectivity index (χ2v) is 14.1. The van der Waals surface area contributed by atoms with E-state index in [4.69, 9.17) is 53.8 Å². The molecule has 1 fully saturated rings. The van der Waals surface area contributed by atoms with Crippen LogP contribution in [0, 0.1) is 0 Å². The SMILES string of the molecule is C=CC[C@@H]1C[C@@H](OC(=O)C[C@@H](OC(C)=O)/C(C)=C\CCC(Cl)(Cl)Cl)[C@@H](COC(c2ccccc2)(c2ccccc2)c2ccccc2)O1. The minimum absolute atomic E-state index is 0.133. The molecule has 0 aromatic heterocycles. The largest absolute Gasteiger partial charge is 0.459 e. The average Bonchev–Trinajstić information content (AvgIpc) is 3.42. The van der Waals surface area contributed by atoms with Gasteiger partial charge in [0.2, 0.25) is 0 Å². The average molecular weight is 700 g/mol. The Labute approximate surface area is 292 Å². The number of hydrogen-bond donors (Lipinski definition) is 0. The Morgan fingerprint density at radius 1 is 0.915 bits per heavy atom. The van der Waals surface area contributed by atoms with E-state index in [1.54, 1.807) is 19.1 Å². The minimum Gasteiger partial charge on any atom is -0.459 e. The maximum absolute atomic E-state index is 13.4. The monoisotopic (exact) mass is 698 g/mol. The maximum atomic E-state index is 13.4. The molecule has 0 saturated carbocycles. The number of ether oxygens (including phenoxy) is 4. The summed E-state index contributed by atoms with van der Waals surface area (Å²) in [6.07, 6.45) is 2.99. The second kappa shape index (κ2) is 17.3. The molecule has 1 heterocycles. The Balaban J connectivity index is 1.58. The zero-order valence-electron chi connectivity index (χ0n) is 26.7. The van der Waals surface area contributed by atoms with Crippen molar-refractivity contribution in [3.63, 3.8) is 0 Å². The van der Waals surface area contributed by atoms with Gasteiger partial charge in [0, 0.05) is 13.3 Å². The maximum Gasteiger partial charge on any atom is 0.310 e. The van der Waals surface area contributed by atoms with Gasteiger partial charge >= 0.3 is 11.9 Å². The second-order valence-electron chi connectivity index (χ2n) is 11.6. The lowest BCUT2D eigenvalue weighted by atomic mass is 9.80. The van der Waals surface area contributed by atoms with Crippen molar-refractivity contribution in [2.45, 2.75) is 79.8 Å². The third-order valence-electron chi connectivity index (χ3n) is 8.06. The molecule has 4 atom stereocenters. The molecule has 0 N–H and O–H groups in total. The number of esters is 2. The molecule has 47 heavy (non-hydrogen) atoms. The van der Waals surface area contributed by atoms with E-state index in [-0.39, 0.29) is 25.6 Å². The summed E-state index contributed by atoms with van der Waals surface area (Å²) in [4.78, 5) is 25.3. The van der Waals surface area contributed by atoms with E-state index in [0.717, 1.165) is 16.7 Å². The molecule has 1 aliphatic rings. The lowest BCUT2D eigenvalue weighted by Gasteiger charge is -2.37. The molecule has 0 unspecified atom stereocenters. The van der Waals surface area contributed by atoms with E-state index in [2.05, 4.69) is 6.58 Å². The van der Waals surface area contributed by atoms with Crippen molar-refractivity contribution < 1.29 is 28.5 Å². The first kappa shape index (κ1) is 36.7. The Kier molecular flexibility index (Phi) is 13.5. The molecule has 4 rings (SSSR count). The normalized spacial score (nSPS) is 19.2. The third-order valence-corrected chi connectivity index (χ3v) is 8.62.